The van der Waals surface area contributed by atoms with Crippen LogP contribution in [0.1, 0.15) is 6.42 Å². The van der Waals surface area contributed by atoms with E-state index in [0.717, 1.165) is 18.8 Å². The number of carbonyl (C=O) groups excluding carboxylic acids is 1. The van der Waals surface area contributed by atoms with Crippen LogP contribution < -0.4 is 4.90 Å². The summed E-state index contributed by atoms with van der Waals surface area (Å²) in [6.45, 7) is 2.62. The molecule has 1 aliphatic rings. The van der Waals surface area contributed by atoms with E-state index in [0.29, 0.717) is 18.6 Å². The van der Waals surface area contributed by atoms with Gasteiger partial charge in [0.05, 0.1) is 10.6 Å². The van der Waals surface area contributed by atoms with E-state index in [9.17, 15) is 13.2 Å². The minimum Gasteiger partial charge on any atom is -0.368 e. The summed E-state index contributed by atoms with van der Waals surface area (Å²) >= 11 is 0. The van der Waals surface area contributed by atoms with Gasteiger partial charge < -0.3 is 9.80 Å². The summed E-state index contributed by atoms with van der Waals surface area (Å²) in [5.41, 5.74) is 1.71. The Kier molecular flexibility index (Phi) is 4.99. The number of carbonyl (C=O) groups is 1. The molecule has 2 aromatic carbocycles. The lowest BCUT2D eigenvalue weighted by atomic mass is 10.2. The van der Waals surface area contributed by atoms with Crippen molar-refractivity contribution >= 4 is 32.5 Å². The lowest BCUT2D eigenvalue weighted by Gasteiger charge is -2.36. The Balaban J connectivity index is 1.36. The van der Waals surface area contributed by atoms with Gasteiger partial charge in [-0.05, 0) is 34.6 Å². The molecule has 0 bridgehead atoms. The molecule has 1 aromatic heterocycles. The van der Waals surface area contributed by atoms with Gasteiger partial charge in [-0.1, -0.05) is 24.3 Å². The molecule has 0 spiro atoms. The van der Waals surface area contributed by atoms with Crippen molar-refractivity contribution in [1.29, 1.82) is 0 Å². The molecule has 1 amide bonds. The first-order chi connectivity index (χ1) is 13.5. The van der Waals surface area contributed by atoms with E-state index in [2.05, 4.69) is 19.8 Å². The zero-order valence-corrected chi connectivity index (χ0v) is 16.0. The van der Waals surface area contributed by atoms with Crippen molar-refractivity contribution < 1.29 is 17.8 Å². The molecule has 1 fully saturated rings. The number of hydrogen-bond acceptors (Lipinski definition) is 7. The van der Waals surface area contributed by atoms with Crippen LogP contribution in [0.2, 0.25) is 0 Å². The zero-order valence-electron chi connectivity index (χ0n) is 15.2. The van der Waals surface area contributed by atoms with Gasteiger partial charge in [0.2, 0.25) is 5.91 Å². The summed E-state index contributed by atoms with van der Waals surface area (Å²) in [6, 6.07) is 14.7. The Morgan fingerprint density at radius 2 is 1.71 bits per heavy atom. The van der Waals surface area contributed by atoms with Crippen LogP contribution in [-0.2, 0) is 14.6 Å². The number of rotatable bonds is 5. The van der Waals surface area contributed by atoms with Crippen molar-refractivity contribution in [2.45, 2.75) is 11.3 Å². The second-order valence-electron chi connectivity index (χ2n) is 6.66. The third-order valence-corrected chi connectivity index (χ3v) is 6.66. The predicted molar refractivity (Wildman–Crippen MR) is 104 cm³/mol. The van der Waals surface area contributed by atoms with Crippen LogP contribution in [0.4, 0.5) is 5.69 Å². The summed E-state index contributed by atoms with van der Waals surface area (Å²) in [6.07, 6.45) is -0.0602. The number of piperazine rings is 1. The fraction of sp³-hybridized carbons (Fsp3) is 0.316. The third-order valence-electron chi connectivity index (χ3n) is 4.92. The Hall–Kier alpha value is -2.94. The van der Waals surface area contributed by atoms with Crippen molar-refractivity contribution in [3.8, 4) is 0 Å². The molecule has 0 saturated carbocycles. The number of fused-ring (bicyclic) bond motifs is 1. The molecule has 4 rings (SSSR count). The van der Waals surface area contributed by atoms with Gasteiger partial charge in [-0.2, -0.15) is 0 Å². The van der Waals surface area contributed by atoms with Gasteiger partial charge in [-0.15, -0.1) is 0 Å². The number of sulfone groups is 1. The Morgan fingerprint density at radius 3 is 2.46 bits per heavy atom. The van der Waals surface area contributed by atoms with Gasteiger partial charge in [0.25, 0.3) is 0 Å². The maximum atomic E-state index is 12.7. The van der Waals surface area contributed by atoms with Crippen molar-refractivity contribution in [2.75, 3.05) is 36.8 Å². The highest BCUT2D eigenvalue weighted by Gasteiger charge is 2.25. The van der Waals surface area contributed by atoms with Gasteiger partial charge in [0.15, 0.2) is 15.4 Å². The van der Waals surface area contributed by atoms with E-state index in [1.54, 1.807) is 17.0 Å². The van der Waals surface area contributed by atoms with Crippen LogP contribution in [0, 0.1) is 0 Å². The molecule has 2 heterocycles. The zero-order chi connectivity index (χ0) is 19.6. The number of para-hydroxylation sites is 1. The first-order valence-electron chi connectivity index (χ1n) is 9.06. The Labute approximate surface area is 162 Å². The third kappa shape index (κ3) is 3.70. The number of hydrogen-bond donors (Lipinski definition) is 0. The molecular formula is C19H20N4O4S. The summed E-state index contributed by atoms with van der Waals surface area (Å²) < 4.78 is 30.0. The summed E-state index contributed by atoms with van der Waals surface area (Å²) in [4.78, 5) is 16.5. The molecule has 146 valence electrons. The van der Waals surface area contributed by atoms with Crippen LogP contribution in [-0.4, -0.2) is 61.5 Å². The van der Waals surface area contributed by atoms with E-state index >= 15 is 0 Å². The van der Waals surface area contributed by atoms with Crippen molar-refractivity contribution in [3.63, 3.8) is 0 Å². The molecule has 0 aliphatic carbocycles. The fourth-order valence-electron chi connectivity index (χ4n) is 3.37. The highest BCUT2D eigenvalue weighted by molar-refractivity contribution is 7.91. The number of aromatic nitrogens is 2. The average molecular weight is 400 g/mol. The maximum Gasteiger partial charge on any atom is 0.223 e. The lowest BCUT2D eigenvalue weighted by Crippen LogP contribution is -2.49. The largest absolute Gasteiger partial charge is 0.368 e. The SMILES string of the molecule is O=C(CCS(=O)(=O)c1cccc2nonc12)N1CCN(c2ccccc2)CC1. The smallest absolute Gasteiger partial charge is 0.223 e. The monoisotopic (exact) mass is 400 g/mol. The molecule has 0 N–H and O–H groups in total. The number of anilines is 1. The van der Waals surface area contributed by atoms with Gasteiger partial charge in [-0.3, -0.25) is 4.79 Å². The highest BCUT2D eigenvalue weighted by atomic mass is 32.2. The second kappa shape index (κ2) is 7.59. The molecule has 0 unspecified atom stereocenters. The summed E-state index contributed by atoms with van der Waals surface area (Å²) in [5, 5.41) is 7.34. The Morgan fingerprint density at radius 1 is 0.964 bits per heavy atom. The van der Waals surface area contributed by atoms with Gasteiger partial charge in [0, 0.05) is 38.3 Å². The van der Waals surface area contributed by atoms with Crippen molar-refractivity contribution in [2.24, 2.45) is 0 Å². The molecule has 8 nitrogen and oxygen atoms in total. The molecule has 0 radical (unpaired) electrons. The number of benzene rings is 2. The number of amides is 1. The average Bonchev–Trinajstić information content (AvgIpc) is 3.21. The van der Waals surface area contributed by atoms with E-state index in [1.165, 1.54) is 6.07 Å². The minimum atomic E-state index is -3.66. The minimum absolute atomic E-state index is 0.0490. The number of nitrogens with zero attached hydrogens (tertiary/aromatic N) is 4. The Bertz CT molecular complexity index is 1070. The first kappa shape index (κ1) is 18.4. The van der Waals surface area contributed by atoms with Crippen molar-refractivity contribution in [3.05, 3.63) is 48.5 Å². The van der Waals surface area contributed by atoms with E-state index in [1.807, 2.05) is 30.3 Å². The standard InChI is InChI=1S/C19H20N4O4S/c24-18(23-12-10-22(11-13-23)15-5-2-1-3-6-15)9-14-28(25,26)17-8-4-7-16-19(17)21-27-20-16/h1-8H,9-14H2. The molecular weight excluding hydrogens is 380 g/mol. The normalized spacial score (nSPS) is 15.1. The van der Waals surface area contributed by atoms with Crippen LogP contribution in [0.5, 0.6) is 0 Å². The fourth-order valence-corrected chi connectivity index (χ4v) is 4.76. The van der Waals surface area contributed by atoms with E-state index < -0.39 is 9.84 Å². The summed E-state index contributed by atoms with van der Waals surface area (Å²) in [5.74, 6) is -0.418. The lowest BCUT2D eigenvalue weighted by molar-refractivity contribution is -0.131. The molecule has 28 heavy (non-hydrogen) atoms. The molecule has 9 heteroatoms. The molecule has 1 aliphatic heterocycles. The summed E-state index contributed by atoms with van der Waals surface area (Å²) in [7, 11) is -3.66. The topological polar surface area (TPSA) is 96.6 Å². The van der Waals surface area contributed by atoms with Gasteiger partial charge >= 0.3 is 0 Å². The van der Waals surface area contributed by atoms with Crippen LogP contribution >= 0.6 is 0 Å². The van der Waals surface area contributed by atoms with Crippen LogP contribution in [0.3, 0.4) is 0 Å². The first-order valence-corrected chi connectivity index (χ1v) is 10.7. The van der Waals surface area contributed by atoms with E-state index in [4.69, 9.17) is 0 Å². The van der Waals surface area contributed by atoms with E-state index in [-0.39, 0.29) is 28.5 Å². The molecule has 0 atom stereocenters. The van der Waals surface area contributed by atoms with Crippen molar-refractivity contribution in [1.82, 2.24) is 15.2 Å². The highest BCUT2D eigenvalue weighted by Crippen LogP contribution is 2.22. The molecule has 3 aromatic rings. The van der Waals surface area contributed by atoms with Gasteiger partial charge in [0.1, 0.15) is 5.52 Å². The molecule has 1 saturated heterocycles. The van der Waals surface area contributed by atoms with Gasteiger partial charge in [-0.25, -0.2) is 13.0 Å². The second-order valence-corrected chi connectivity index (χ2v) is 8.74. The van der Waals surface area contributed by atoms with Crippen LogP contribution in [0.25, 0.3) is 11.0 Å². The maximum absolute atomic E-state index is 12.7. The quantitative estimate of drug-likeness (QED) is 0.643. The van der Waals surface area contributed by atoms with Crippen LogP contribution in [0.15, 0.2) is 58.1 Å². The predicted octanol–water partition coefficient (Wildman–Crippen LogP) is 1.74.